The van der Waals surface area contributed by atoms with Crippen LogP contribution in [-0.4, -0.2) is 42.1 Å². The summed E-state index contributed by atoms with van der Waals surface area (Å²) in [6.07, 6.45) is 6.80. The molecule has 3 heterocycles. The second-order valence-corrected chi connectivity index (χ2v) is 8.91. The number of furan rings is 1. The van der Waals surface area contributed by atoms with Crippen molar-refractivity contribution in [3.8, 4) is 11.5 Å². The number of rotatable bonds is 6. The van der Waals surface area contributed by atoms with E-state index in [4.69, 9.17) is 25.5 Å². The number of carbonyl (C=O) groups excluding carboxylic acids is 2. The molecule has 6 rings (SSSR count). The van der Waals surface area contributed by atoms with E-state index in [1.807, 2.05) is 18.2 Å². The van der Waals surface area contributed by atoms with Gasteiger partial charge in [0.05, 0.1) is 11.4 Å². The minimum Gasteiger partial charge on any atom is -0.463 e. The Labute approximate surface area is 212 Å². The monoisotopic (exact) mass is 503 g/mol. The zero-order chi connectivity index (χ0) is 24.6. The van der Waals surface area contributed by atoms with Crippen molar-refractivity contribution in [2.24, 2.45) is 0 Å². The first kappa shape index (κ1) is 22.4. The first-order chi connectivity index (χ1) is 17.6. The summed E-state index contributed by atoms with van der Waals surface area (Å²) in [6.45, 7) is 1.36. The molecule has 8 nitrogen and oxygen atoms in total. The molecular formula is C27H22ClN3O5. The first-order valence-electron chi connectivity index (χ1n) is 11.7. The van der Waals surface area contributed by atoms with Crippen LogP contribution in [-0.2, 0) is 4.74 Å². The number of carbonyl (C=O) groups is 2. The number of pyridine rings is 1. The highest BCUT2D eigenvalue weighted by Crippen LogP contribution is 2.41. The number of halogens is 1. The van der Waals surface area contributed by atoms with Crippen molar-refractivity contribution < 1.29 is 23.5 Å². The Morgan fingerprint density at radius 2 is 1.89 bits per heavy atom. The molecule has 0 N–H and O–H groups in total. The lowest BCUT2D eigenvalue weighted by Gasteiger charge is -2.38. The number of hydrogen-bond donors (Lipinski definition) is 0. The van der Waals surface area contributed by atoms with Crippen molar-refractivity contribution in [1.82, 2.24) is 4.98 Å². The molecule has 2 aliphatic rings. The lowest BCUT2D eigenvalue weighted by Crippen LogP contribution is -2.45. The van der Waals surface area contributed by atoms with Crippen molar-refractivity contribution in [3.05, 3.63) is 78.3 Å². The van der Waals surface area contributed by atoms with E-state index in [1.54, 1.807) is 35.4 Å². The van der Waals surface area contributed by atoms with Gasteiger partial charge in [0.2, 0.25) is 0 Å². The Hall–Kier alpha value is -4.04. The molecule has 0 saturated heterocycles. The van der Waals surface area contributed by atoms with Crippen LogP contribution in [0.25, 0.3) is 11.0 Å². The zero-order valence-corrected chi connectivity index (χ0v) is 20.0. The van der Waals surface area contributed by atoms with Gasteiger partial charge in [-0.2, -0.15) is 0 Å². The Morgan fingerprint density at radius 3 is 2.69 bits per heavy atom. The average Bonchev–Trinajstić information content (AvgIpc) is 3.66. The van der Waals surface area contributed by atoms with E-state index in [9.17, 15) is 9.59 Å². The lowest BCUT2D eigenvalue weighted by atomic mass is 10.1. The summed E-state index contributed by atoms with van der Waals surface area (Å²) in [5.41, 5.74) is 3.05. The highest BCUT2D eigenvalue weighted by atomic mass is 35.5. The summed E-state index contributed by atoms with van der Waals surface area (Å²) >= 11 is 5.53. The van der Waals surface area contributed by atoms with E-state index in [-0.39, 0.29) is 17.5 Å². The number of aromatic nitrogens is 1. The fourth-order valence-electron chi connectivity index (χ4n) is 4.62. The molecule has 1 aliphatic heterocycles. The predicted molar refractivity (Wildman–Crippen MR) is 135 cm³/mol. The highest BCUT2D eigenvalue weighted by molar-refractivity contribution is 6.18. The van der Waals surface area contributed by atoms with Crippen LogP contribution in [0.5, 0.6) is 11.5 Å². The van der Waals surface area contributed by atoms with E-state index >= 15 is 0 Å². The molecule has 0 atom stereocenters. The number of fused-ring (bicyclic) bond motifs is 2. The summed E-state index contributed by atoms with van der Waals surface area (Å²) < 4.78 is 16.5. The van der Waals surface area contributed by atoms with E-state index in [0.717, 1.165) is 17.9 Å². The number of alkyl halides is 1. The summed E-state index contributed by atoms with van der Waals surface area (Å²) in [6, 6.07) is 15.0. The fourth-order valence-corrected chi connectivity index (χ4v) is 4.72. The van der Waals surface area contributed by atoms with Gasteiger partial charge in [-0.05, 0) is 49.2 Å². The van der Waals surface area contributed by atoms with Gasteiger partial charge in [0.15, 0.2) is 6.07 Å². The molecule has 0 radical (unpaired) electrons. The van der Waals surface area contributed by atoms with Gasteiger partial charge < -0.3 is 23.7 Å². The Balaban J connectivity index is 1.31. The summed E-state index contributed by atoms with van der Waals surface area (Å²) in [4.78, 5) is 34.3. The molecule has 1 aliphatic carbocycles. The maximum Gasteiger partial charge on any atom is 0.343 e. The summed E-state index contributed by atoms with van der Waals surface area (Å²) in [7, 11) is 0. The van der Waals surface area contributed by atoms with E-state index in [0.29, 0.717) is 40.6 Å². The third-order valence-corrected chi connectivity index (χ3v) is 6.58. The van der Waals surface area contributed by atoms with Crippen molar-refractivity contribution in [1.29, 1.82) is 0 Å². The van der Waals surface area contributed by atoms with Gasteiger partial charge in [-0.3, -0.25) is 9.78 Å². The standard InChI is InChI=1S/C27H22ClN3O5/c28-16-35-27(33)21-15-34-24-8-7-18(13-19(21)24)36-25-9-10-29-14-20(25)26(32)31-12-11-30(17-5-6-17)22-3-1-2-4-23(22)31/h1-4,7-10,13-15,17H,5-6,11-12,16H2. The second-order valence-electron chi connectivity index (χ2n) is 8.69. The fraction of sp³-hybridized carbons (Fsp3) is 0.222. The number of anilines is 2. The molecule has 36 heavy (non-hydrogen) atoms. The van der Waals surface area contributed by atoms with Gasteiger partial charge >= 0.3 is 5.97 Å². The van der Waals surface area contributed by atoms with Crippen molar-refractivity contribution in [3.63, 3.8) is 0 Å². The molecule has 2 aromatic carbocycles. The number of para-hydroxylation sites is 2. The molecular weight excluding hydrogens is 482 g/mol. The minimum atomic E-state index is -0.593. The van der Waals surface area contributed by atoms with Crippen LogP contribution in [0.3, 0.4) is 0 Å². The van der Waals surface area contributed by atoms with E-state index in [2.05, 4.69) is 16.0 Å². The molecule has 4 aromatic rings. The first-order valence-corrected chi connectivity index (χ1v) is 12.2. The number of amides is 1. The van der Waals surface area contributed by atoms with Crippen LogP contribution < -0.4 is 14.5 Å². The van der Waals surface area contributed by atoms with Gasteiger partial charge in [0.1, 0.15) is 34.5 Å². The minimum absolute atomic E-state index is 0.184. The van der Waals surface area contributed by atoms with Crippen molar-refractivity contribution in [2.75, 3.05) is 29.0 Å². The molecule has 182 valence electrons. The van der Waals surface area contributed by atoms with Crippen LogP contribution in [0.1, 0.15) is 33.6 Å². The Bertz CT molecular complexity index is 1460. The quantitative estimate of drug-likeness (QED) is 0.250. The smallest absolute Gasteiger partial charge is 0.343 e. The maximum absolute atomic E-state index is 13.8. The van der Waals surface area contributed by atoms with Gasteiger partial charge in [0, 0.05) is 36.9 Å². The van der Waals surface area contributed by atoms with Crippen LogP contribution in [0, 0.1) is 0 Å². The molecule has 2 aromatic heterocycles. The summed E-state index contributed by atoms with van der Waals surface area (Å²) in [5.74, 6) is 0.0225. The molecule has 1 saturated carbocycles. The Morgan fingerprint density at radius 1 is 1.06 bits per heavy atom. The molecule has 1 fully saturated rings. The molecule has 9 heteroatoms. The number of ether oxygens (including phenoxy) is 2. The predicted octanol–water partition coefficient (Wildman–Crippen LogP) is 5.60. The second kappa shape index (κ2) is 9.20. The number of nitrogens with zero attached hydrogens (tertiary/aromatic N) is 3. The van der Waals surface area contributed by atoms with Crippen LogP contribution in [0.4, 0.5) is 11.4 Å². The largest absolute Gasteiger partial charge is 0.463 e. The third kappa shape index (κ3) is 4.03. The van der Waals surface area contributed by atoms with Crippen LogP contribution in [0.2, 0.25) is 0 Å². The number of esters is 1. The number of hydrogen-bond acceptors (Lipinski definition) is 7. The van der Waals surface area contributed by atoms with Gasteiger partial charge in [-0.15, -0.1) is 0 Å². The summed E-state index contributed by atoms with van der Waals surface area (Å²) in [5, 5.41) is 0.523. The van der Waals surface area contributed by atoms with E-state index in [1.165, 1.54) is 25.3 Å². The molecule has 0 spiro atoms. The highest BCUT2D eigenvalue weighted by Gasteiger charge is 2.36. The topological polar surface area (TPSA) is 85.1 Å². The average molecular weight is 504 g/mol. The zero-order valence-electron chi connectivity index (χ0n) is 19.2. The van der Waals surface area contributed by atoms with Crippen LogP contribution in [0.15, 0.2) is 71.6 Å². The van der Waals surface area contributed by atoms with Gasteiger partial charge in [-0.1, -0.05) is 23.7 Å². The molecule has 1 amide bonds. The third-order valence-electron chi connectivity index (χ3n) is 6.47. The molecule has 0 bridgehead atoms. The SMILES string of the molecule is O=C(OCCl)c1coc2ccc(Oc3ccncc3C(=O)N3CCN(C4CC4)c4ccccc43)cc12. The normalized spacial score (nSPS) is 15.0. The van der Waals surface area contributed by atoms with Gasteiger partial charge in [0.25, 0.3) is 5.91 Å². The van der Waals surface area contributed by atoms with Crippen molar-refractivity contribution in [2.45, 2.75) is 18.9 Å². The number of benzene rings is 2. The lowest BCUT2D eigenvalue weighted by molar-refractivity contribution is 0.0575. The maximum atomic E-state index is 13.8. The van der Waals surface area contributed by atoms with E-state index < -0.39 is 5.97 Å². The Kier molecular flexibility index (Phi) is 5.73. The van der Waals surface area contributed by atoms with Crippen LogP contribution >= 0.6 is 11.6 Å². The van der Waals surface area contributed by atoms with Gasteiger partial charge in [-0.25, -0.2) is 4.79 Å². The molecule has 0 unspecified atom stereocenters. The van der Waals surface area contributed by atoms with Crippen molar-refractivity contribution >= 4 is 45.8 Å².